The number of benzene rings is 1. The summed E-state index contributed by atoms with van der Waals surface area (Å²) in [6.07, 6.45) is 8.46. The molecule has 98 valence electrons. The van der Waals surface area contributed by atoms with Crippen molar-refractivity contribution in [3.8, 4) is 0 Å². The van der Waals surface area contributed by atoms with Crippen molar-refractivity contribution < 1.29 is 0 Å². The number of hydrogen-bond donors (Lipinski definition) is 1. The zero-order chi connectivity index (χ0) is 12.5. The fraction of sp³-hybridized carbons (Fsp3) is 0.625. The minimum absolute atomic E-state index is 0.787. The molecule has 3 rings (SSSR count). The molecule has 0 aromatic heterocycles. The highest BCUT2D eigenvalue weighted by molar-refractivity contribution is 5.60. The van der Waals surface area contributed by atoms with Crippen LogP contribution in [0, 0.1) is 12.8 Å². The largest absolute Gasteiger partial charge is 0.399 e. The van der Waals surface area contributed by atoms with Gasteiger partial charge in [-0.05, 0) is 62.3 Å². The van der Waals surface area contributed by atoms with Crippen molar-refractivity contribution in [2.75, 3.05) is 17.2 Å². The van der Waals surface area contributed by atoms with Gasteiger partial charge in [0.2, 0.25) is 0 Å². The monoisotopic (exact) mass is 244 g/mol. The summed E-state index contributed by atoms with van der Waals surface area (Å²) in [5.41, 5.74) is 9.51. The number of aryl methyl sites for hydroxylation is 1. The molecule has 2 heteroatoms. The van der Waals surface area contributed by atoms with Gasteiger partial charge in [0.15, 0.2) is 0 Å². The maximum absolute atomic E-state index is 5.87. The molecular weight excluding hydrogens is 220 g/mol. The first-order valence-electron chi connectivity index (χ1n) is 7.38. The summed E-state index contributed by atoms with van der Waals surface area (Å²) in [7, 11) is 0. The lowest BCUT2D eigenvalue weighted by Crippen LogP contribution is -2.47. The van der Waals surface area contributed by atoms with Gasteiger partial charge < -0.3 is 10.6 Å². The number of anilines is 2. The summed E-state index contributed by atoms with van der Waals surface area (Å²) in [5.74, 6) is 0.935. The summed E-state index contributed by atoms with van der Waals surface area (Å²) in [6, 6.07) is 7.17. The van der Waals surface area contributed by atoms with E-state index in [1.165, 1.54) is 56.3 Å². The fourth-order valence-corrected chi connectivity index (χ4v) is 3.92. The Morgan fingerprint density at radius 3 is 2.72 bits per heavy atom. The van der Waals surface area contributed by atoms with Gasteiger partial charge in [0.05, 0.1) is 0 Å². The third-order valence-electron chi connectivity index (χ3n) is 4.77. The number of rotatable bonds is 1. The Morgan fingerprint density at radius 1 is 1.11 bits per heavy atom. The molecule has 1 heterocycles. The van der Waals surface area contributed by atoms with Gasteiger partial charge in [-0.3, -0.25) is 0 Å². The van der Waals surface area contributed by atoms with Gasteiger partial charge in [0.25, 0.3) is 0 Å². The van der Waals surface area contributed by atoms with E-state index in [2.05, 4.69) is 30.0 Å². The Balaban J connectivity index is 1.89. The summed E-state index contributed by atoms with van der Waals surface area (Å²) in [6.45, 7) is 3.42. The van der Waals surface area contributed by atoms with E-state index in [-0.39, 0.29) is 0 Å². The molecule has 0 radical (unpaired) electrons. The van der Waals surface area contributed by atoms with Crippen molar-refractivity contribution in [2.45, 2.75) is 51.5 Å². The molecule has 1 aromatic rings. The number of nitrogens with two attached hydrogens (primary N) is 1. The highest BCUT2D eigenvalue weighted by Gasteiger charge is 2.33. The highest BCUT2D eigenvalue weighted by Crippen LogP contribution is 2.38. The van der Waals surface area contributed by atoms with Crippen LogP contribution in [0.2, 0.25) is 0 Å². The SMILES string of the molecule is Cc1cc(N)ccc1N1CCC[C@H]2CCCC[C@H]21. The Kier molecular flexibility index (Phi) is 3.19. The lowest BCUT2D eigenvalue weighted by molar-refractivity contribution is 0.243. The molecule has 18 heavy (non-hydrogen) atoms. The van der Waals surface area contributed by atoms with Gasteiger partial charge in [0.1, 0.15) is 0 Å². The smallest absolute Gasteiger partial charge is 0.0400 e. The van der Waals surface area contributed by atoms with Crippen LogP contribution in [0.4, 0.5) is 11.4 Å². The molecule has 1 aliphatic heterocycles. The Bertz CT molecular complexity index is 425. The maximum Gasteiger partial charge on any atom is 0.0400 e. The minimum Gasteiger partial charge on any atom is -0.399 e. The third-order valence-corrected chi connectivity index (χ3v) is 4.77. The topological polar surface area (TPSA) is 29.3 Å². The number of piperidine rings is 1. The standard InChI is InChI=1S/C16H24N2/c1-12-11-14(17)8-9-15(12)18-10-4-6-13-5-2-3-7-16(13)18/h8-9,11,13,16H,2-7,10,17H2,1H3/t13-,16-/m1/s1. The zero-order valence-electron chi connectivity index (χ0n) is 11.4. The summed E-state index contributed by atoms with van der Waals surface area (Å²) in [5, 5.41) is 0. The molecule has 2 N–H and O–H groups in total. The maximum atomic E-state index is 5.87. The van der Waals surface area contributed by atoms with Crippen LogP contribution < -0.4 is 10.6 Å². The summed E-state index contributed by atoms with van der Waals surface area (Å²) < 4.78 is 0. The van der Waals surface area contributed by atoms with Crippen LogP contribution in [0.1, 0.15) is 44.1 Å². The van der Waals surface area contributed by atoms with Gasteiger partial charge in [-0.15, -0.1) is 0 Å². The average Bonchev–Trinajstić information content (AvgIpc) is 2.38. The third kappa shape index (κ3) is 2.09. The Labute approximate surface area is 110 Å². The average molecular weight is 244 g/mol. The van der Waals surface area contributed by atoms with Crippen LogP contribution in [0.3, 0.4) is 0 Å². The van der Waals surface area contributed by atoms with E-state index in [9.17, 15) is 0 Å². The second kappa shape index (κ2) is 4.83. The first kappa shape index (κ1) is 11.9. The first-order valence-corrected chi connectivity index (χ1v) is 7.38. The van der Waals surface area contributed by atoms with E-state index in [1.807, 2.05) is 0 Å². The van der Waals surface area contributed by atoms with Crippen LogP contribution in [0.5, 0.6) is 0 Å². The minimum atomic E-state index is 0.787. The molecule has 2 atom stereocenters. The van der Waals surface area contributed by atoms with Crippen LogP contribution in [-0.4, -0.2) is 12.6 Å². The van der Waals surface area contributed by atoms with E-state index in [0.717, 1.165) is 17.6 Å². The quantitative estimate of drug-likeness (QED) is 0.763. The van der Waals surface area contributed by atoms with Crippen molar-refractivity contribution in [3.05, 3.63) is 23.8 Å². The fourth-order valence-electron chi connectivity index (χ4n) is 3.92. The molecule has 0 bridgehead atoms. The number of hydrogen-bond acceptors (Lipinski definition) is 2. The molecule has 2 nitrogen and oxygen atoms in total. The van der Waals surface area contributed by atoms with E-state index < -0.39 is 0 Å². The molecule has 2 fully saturated rings. The van der Waals surface area contributed by atoms with E-state index >= 15 is 0 Å². The molecule has 1 aliphatic carbocycles. The van der Waals surface area contributed by atoms with E-state index in [1.54, 1.807) is 0 Å². The van der Waals surface area contributed by atoms with Gasteiger partial charge >= 0.3 is 0 Å². The predicted molar refractivity (Wildman–Crippen MR) is 77.9 cm³/mol. The molecule has 1 aromatic carbocycles. The van der Waals surface area contributed by atoms with Gasteiger partial charge in [-0.2, -0.15) is 0 Å². The number of fused-ring (bicyclic) bond motifs is 1. The molecule has 0 amide bonds. The molecule has 1 saturated heterocycles. The van der Waals surface area contributed by atoms with Crippen LogP contribution in [-0.2, 0) is 0 Å². The number of nitrogen functional groups attached to an aromatic ring is 1. The summed E-state index contributed by atoms with van der Waals surface area (Å²) >= 11 is 0. The molecule has 0 unspecified atom stereocenters. The second-order valence-corrected chi connectivity index (χ2v) is 5.99. The van der Waals surface area contributed by atoms with E-state index in [0.29, 0.717) is 0 Å². The zero-order valence-corrected chi connectivity index (χ0v) is 11.4. The second-order valence-electron chi connectivity index (χ2n) is 5.99. The van der Waals surface area contributed by atoms with Crippen molar-refractivity contribution in [2.24, 2.45) is 5.92 Å². The summed E-state index contributed by atoms with van der Waals surface area (Å²) in [4.78, 5) is 2.67. The van der Waals surface area contributed by atoms with Crippen molar-refractivity contribution in [1.29, 1.82) is 0 Å². The molecule has 0 spiro atoms. The van der Waals surface area contributed by atoms with Gasteiger partial charge in [-0.1, -0.05) is 12.8 Å². The molecule has 2 aliphatic rings. The lowest BCUT2D eigenvalue weighted by atomic mass is 9.78. The Morgan fingerprint density at radius 2 is 1.89 bits per heavy atom. The van der Waals surface area contributed by atoms with Crippen molar-refractivity contribution >= 4 is 11.4 Å². The Hall–Kier alpha value is -1.18. The van der Waals surface area contributed by atoms with Gasteiger partial charge in [0, 0.05) is 24.0 Å². The van der Waals surface area contributed by atoms with Crippen LogP contribution in [0.25, 0.3) is 0 Å². The highest BCUT2D eigenvalue weighted by atomic mass is 15.2. The van der Waals surface area contributed by atoms with E-state index in [4.69, 9.17) is 5.73 Å². The van der Waals surface area contributed by atoms with Crippen molar-refractivity contribution in [3.63, 3.8) is 0 Å². The number of nitrogens with zero attached hydrogens (tertiary/aromatic N) is 1. The van der Waals surface area contributed by atoms with Crippen LogP contribution >= 0.6 is 0 Å². The van der Waals surface area contributed by atoms with Gasteiger partial charge in [-0.25, -0.2) is 0 Å². The van der Waals surface area contributed by atoms with Crippen LogP contribution in [0.15, 0.2) is 18.2 Å². The normalized spacial score (nSPS) is 27.9. The lowest BCUT2D eigenvalue weighted by Gasteiger charge is -2.46. The predicted octanol–water partition coefficient (Wildman–Crippen LogP) is 3.74. The van der Waals surface area contributed by atoms with Crippen molar-refractivity contribution in [1.82, 2.24) is 0 Å². The molecule has 1 saturated carbocycles. The molecular formula is C16H24N2. The first-order chi connectivity index (χ1) is 8.75.